The lowest BCUT2D eigenvalue weighted by molar-refractivity contribution is 0.0757. The first-order chi connectivity index (χ1) is 9.83. The van der Waals surface area contributed by atoms with Crippen molar-refractivity contribution in [3.8, 4) is 6.01 Å². The number of hydrogen-bond donors (Lipinski definition) is 0. The molecule has 1 fully saturated rings. The lowest BCUT2D eigenvalue weighted by atomic mass is 10.3. The molecule has 0 saturated carbocycles. The number of carbonyl (C=O) groups is 1. The van der Waals surface area contributed by atoms with Gasteiger partial charge in [-0.1, -0.05) is 0 Å². The third-order valence-electron chi connectivity index (χ3n) is 3.00. The Bertz CT molecular complexity index is 578. The van der Waals surface area contributed by atoms with E-state index >= 15 is 0 Å². The predicted octanol–water partition coefficient (Wildman–Crippen LogP) is 0.560. The van der Waals surface area contributed by atoms with Gasteiger partial charge >= 0.3 is 6.01 Å². The van der Waals surface area contributed by atoms with E-state index in [0.29, 0.717) is 19.1 Å². The number of aromatic nitrogens is 4. The zero-order valence-electron chi connectivity index (χ0n) is 10.7. The summed E-state index contributed by atoms with van der Waals surface area (Å²) in [7, 11) is 0. The van der Waals surface area contributed by atoms with Crippen molar-refractivity contribution in [3.05, 3.63) is 42.7 Å². The average molecular weight is 271 g/mol. The molecule has 7 nitrogen and oxygen atoms in total. The molecule has 1 atom stereocenters. The topological polar surface area (TPSA) is 81.1 Å². The van der Waals surface area contributed by atoms with Crippen molar-refractivity contribution in [2.24, 2.45) is 0 Å². The van der Waals surface area contributed by atoms with Gasteiger partial charge in [0.05, 0.1) is 6.54 Å². The lowest BCUT2D eigenvalue weighted by Gasteiger charge is -2.15. The Morgan fingerprint density at radius 2 is 1.75 bits per heavy atom. The van der Waals surface area contributed by atoms with E-state index in [1.807, 2.05) is 0 Å². The number of rotatable bonds is 3. The second-order valence-electron chi connectivity index (χ2n) is 4.38. The average Bonchev–Trinajstić information content (AvgIpc) is 2.97. The zero-order chi connectivity index (χ0) is 13.8. The smallest absolute Gasteiger partial charge is 0.316 e. The number of likely N-dealkylation sites (tertiary alicyclic amines) is 1. The molecule has 2 aromatic rings. The molecule has 2 aromatic heterocycles. The van der Waals surface area contributed by atoms with Crippen LogP contribution in [0.5, 0.6) is 6.01 Å². The highest BCUT2D eigenvalue weighted by molar-refractivity contribution is 5.90. The summed E-state index contributed by atoms with van der Waals surface area (Å²) >= 11 is 0. The Morgan fingerprint density at radius 1 is 1.10 bits per heavy atom. The summed E-state index contributed by atoms with van der Waals surface area (Å²) < 4.78 is 5.63. The molecule has 1 amide bonds. The molecule has 0 N–H and O–H groups in total. The van der Waals surface area contributed by atoms with Gasteiger partial charge in [-0.05, 0) is 12.1 Å². The first-order valence-electron chi connectivity index (χ1n) is 6.33. The fraction of sp³-hybridized carbons (Fsp3) is 0.308. The van der Waals surface area contributed by atoms with E-state index < -0.39 is 0 Å². The molecule has 3 rings (SSSR count). The van der Waals surface area contributed by atoms with Crippen LogP contribution in [0.2, 0.25) is 0 Å². The first kappa shape index (κ1) is 12.5. The summed E-state index contributed by atoms with van der Waals surface area (Å²) in [5.74, 6) is 0.0368. The molecule has 0 aliphatic carbocycles. The third-order valence-corrected chi connectivity index (χ3v) is 3.00. The quantitative estimate of drug-likeness (QED) is 0.811. The zero-order valence-corrected chi connectivity index (χ0v) is 10.7. The van der Waals surface area contributed by atoms with E-state index in [-0.39, 0.29) is 17.8 Å². The minimum Gasteiger partial charge on any atom is -0.458 e. The van der Waals surface area contributed by atoms with E-state index in [1.165, 1.54) is 0 Å². The summed E-state index contributed by atoms with van der Waals surface area (Å²) in [5.41, 5.74) is 0. The van der Waals surface area contributed by atoms with Crippen LogP contribution in [-0.4, -0.2) is 49.9 Å². The summed E-state index contributed by atoms with van der Waals surface area (Å²) in [6.45, 7) is 1.12. The lowest BCUT2D eigenvalue weighted by Crippen LogP contribution is -2.32. The van der Waals surface area contributed by atoms with Crippen molar-refractivity contribution in [1.29, 1.82) is 0 Å². The fourth-order valence-corrected chi connectivity index (χ4v) is 2.06. The highest BCUT2D eigenvalue weighted by Gasteiger charge is 2.29. The van der Waals surface area contributed by atoms with Gasteiger partial charge in [0, 0.05) is 37.8 Å². The van der Waals surface area contributed by atoms with Crippen LogP contribution in [0.3, 0.4) is 0 Å². The minimum atomic E-state index is -0.175. The number of hydrogen-bond acceptors (Lipinski definition) is 6. The fourth-order valence-electron chi connectivity index (χ4n) is 2.06. The molecule has 0 spiro atoms. The maximum atomic E-state index is 12.2. The molecule has 1 aliphatic rings. The Hall–Kier alpha value is -2.57. The number of nitrogens with zero attached hydrogens (tertiary/aromatic N) is 5. The molecule has 1 unspecified atom stereocenters. The van der Waals surface area contributed by atoms with Crippen molar-refractivity contribution in [3.63, 3.8) is 0 Å². The Balaban J connectivity index is 1.61. The second kappa shape index (κ2) is 5.60. The van der Waals surface area contributed by atoms with Crippen molar-refractivity contribution < 1.29 is 9.53 Å². The molecule has 20 heavy (non-hydrogen) atoms. The van der Waals surface area contributed by atoms with Gasteiger partial charge in [0.15, 0.2) is 0 Å². The van der Waals surface area contributed by atoms with Crippen LogP contribution in [0.15, 0.2) is 36.9 Å². The Kier molecular flexibility index (Phi) is 3.49. The molecule has 7 heteroatoms. The van der Waals surface area contributed by atoms with E-state index in [9.17, 15) is 4.79 Å². The molecular weight excluding hydrogens is 258 g/mol. The van der Waals surface area contributed by atoms with Gasteiger partial charge in [0.25, 0.3) is 5.91 Å². The van der Waals surface area contributed by atoms with Crippen LogP contribution in [0.4, 0.5) is 0 Å². The number of ether oxygens (including phenoxy) is 1. The van der Waals surface area contributed by atoms with Crippen LogP contribution in [-0.2, 0) is 0 Å². The molecule has 3 heterocycles. The molecule has 0 radical (unpaired) electrons. The van der Waals surface area contributed by atoms with Gasteiger partial charge < -0.3 is 9.64 Å². The largest absolute Gasteiger partial charge is 0.458 e. The van der Waals surface area contributed by atoms with Crippen LogP contribution in [0.25, 0.3) is 0 Å². The molecule has 1 saturated heterocycles. The molecular formula is C13H13N5O2. The van der Waals surface area contributed by atoms with E-state index in [4.69, 9.17) is 4.74 Å². The maximum Gasteiger partial charge on any atom is 0.316 e. The SMILES string of the molecule is O=C(c1ncccn1)N1CCC(Oc2ncccn2)C1. The monoisotopic (exact) mass is 271 g/mol. The van der Waals surface area contributed by atoms with Crippen LogP contribution in [0.1, 0.15) is 17.0 Å². The van der Waals surface area contributed by atoms with E-state index in [0.717, 1.165) is 6.42 Å². The van der Waals surface area contributed by atoms with Gasteiger partial charge in [-0.3, -0.25) is 4.79 Å². The second-order valence-corrected chi connectivity index (χ2v) is 4.38. The molecule has 0 aromatic carbocycles. The normalized spacial score (nSPS) is 18.0. The summed E-state index contributed by atoms with van der Waals surface area (Å²) in [5, 5.41) is 0. The van der Waals surface area contributed by atoms with E-state index in [1.54, 1.807) is 41.8 Å². The maximum absolute atomic E-state index is 12.2. The van der Waals surface area contributed by atoms with Gasteiger partial charge in [-0.25, -0.2) is 19.9 Å². The van der Waals surface area contributed by atoms with Crippen LogP contribution in [0, 0.1) is 0 Å². The highest BCUT2D eigenvalue weighted by Crippen LogP contribution is 2.15. The van der Waals surface area contributed by atoms with E-state index in [2.05, 4.69) is 19.9 Å². The number of amides is 1. The molecule has 1 aliphatic heterocycles. The third kappa shape index (κ3) is 2.71. The molecule has 102 valence electrons. The molecule has 0 bridgehead atoms. The summed E-state index contributed by atoms with van der Waals surface area (Å²) in [6, 6.07) is 3.74. The van der Waals surface area contributed by atoms with Crippen molar-refractivity contribution in [1.82, 2.24) is 24.8 Å². The van der Waals surface area contributed by atoms with Crippen LogP contribution >= 0.6 is 0 Å². The van der Waals surface area contributed by atoms with Crippen molar-refractivity contribution in [2.75, 3.05) is 13.1 Å². The predicted molar refractivity (Wildman–Crippen MR) is 69.0 cm³/mol. The van der Waals surface area contributed by atoms with Gasteiger partial charge in [-0.2, -0.15) is 0 Å². The Morgan fingerprint density at radius 3 is 2.45 bits per heavy atom. The number of carbonyl (C=O) groups excluding carboxylic acids is 1. The summed E-state index contributed by atoms with van der Waals surface area (Å²) in [4.78, 5) is 29.8. The van der Waals surface area contributed by atoms with Crippen LogP contribution < -0.4 is 4.74 Å². The first-order valence-corrected chi connectivity index (χ1v) is 6.33. The highest BCUT2D eigenvalue weighted by atomic mass is 16.5. The van der Waals surface area contributed by atoms with Crippen molar-refractivity contribution in [2.45, 2.75) is 12.5 Å². The minimum absolute atomic E-state index is 0.0925. The van der Waals surface area contributed by atoms with Gasteiger partial charge in [0.1, 0.15) is 6.10 Å². The summed E-state index contributed by atoms with van der Waals surface area (Å²) in [6.07, 6.45) is 7.02. The standard InChI is InChI=1S/C13H13N5O2/c19-12(11-14-4-1-5-15-11)18-8-3-10(9-18)20-13-16-6-2-7-17-13/h1-2,4-7,10H,3,8-9H2. The van der Waals surface area contributed by atoms with Crippen molar-refractivity contribution >= 4 is 5.91 Å². The van der Waals surface area contributed by atoms with Gasteiger partial charge in [0.2, 0.25) is 5.82 Å². The Labute approximate surface area is 115 Å². The van der Waals surface area contributed by atoms with Gasteiger partial charge in [-0.15, -0.1) is 0 Å².